The summed E-state index contributed by atoms with van der Waals surface area (Å²) in [7, 11) is 0. The van der Waals surface area contributed by atoms with Crippen molar-refractivity contribution < 1.29 is 14.3 Å². The second-order valence-electron chi connectivity index (χ2n) is 4.92. The molecule has 2 aromatic carbocycles. The molecule has 2 amide bonds. The van der Waals surface area contributed by atoms with Crippen molar-refractivity contribution in [3.8, 4) is 5.75 Å². The average Bonchev–Trinajstić information content (AvgIpc) is 2.54. The first kappa shape index (κ1) is 16.5. The Hall–Kier alpha value is -2.82. The van der Waals surface area contributed by atoms with Crippen LogP contribution in [0.5, 0.6) is 5.75 Å². The van der Waals surface area contributed by atoms with Crippen molar-refractivity contribution in [3.63, 3.8) is 0 Å². The molecule has 0 spiro atoms. The number of para-hydroxylation sites is 3. The van der Waals surface area contributed by atoms with E-state index in [1.165, 1.54) is 11.8 Å². The standard InChI is InChI=1S/C18H20N2O3/c1-3-23-17-12-8-7-11-16(17)20(14(2)21)13-18(22)19-15-9-5-4-6-10-15/h4-12H,3,13H2,1-2H3,(H,19,22). The minimum absolute atomic E-state index is 0.0751. The molecule has 5 heteroatoms. The number of ether oxygens (including phenoxy) is 1. The zero-order chi connectivity index (χ0) is 16.7. The maximum atomic E-state index is 12.2. The third kappa shape index (κ3) is 4.57. The molecular formula is C18H20N2O3. The molecule has 23 heavy (non-hydrogen) atoms. The van der Waals surface area contributed by atoms with Gasteiger partial charge in [-0.1, -0.05) is 30.3 Å². The van der Waals surface area contributed by atoms with Gasteiger partial charge in [0, 0.05) is 12.6 Å². The molecule has 0 heterocycles. The van der Waals surface area contributed by atoms with Gasteiger partial charge in [-0.25, -0.2) is 0 Å². The third-order valence-electron chi connectivity index (χ3n) is 3.20. The van der Waals surface area contributed by atoms with Crippen LogP contribution in [0.4, 0.5) is 11.4 Å². The molecule has 0 unspecified atom stereocenters. The average molecular weight is 312 g/mol. The van der Waals surface area contributed by atoms with Gasteiger partial charge in [0.1, 0.15) is 12.3 Å². The van der Waals surface area contributed by atoms with Crippen LogP contribution in [0.1, 0.15) is 13.8 Å². The van der Waals surface area contributed by atoms with Crippen LogP contribution in [-0.4, -0.2) is 25.0 Å². The van der Waals surface area contributed by atoms with Crippen LogP contribution in [-0.2, 0) is 9.59 Å². The Labute approximate surface area is 135 Å². The molecule has 0 bridgehead atoms. The van der Waals surface area contributed by atoms with E-state index in [1.807, 2.05) is 37.3 Å². The predicted molar refractivity (Wildman–Crippen MR) is 90.7 cm³/mol. The van der Waals surface area contributed by atoms with Crippen molar-refractivity contribution in [1.82, 2.24) is 0 Å². The predicted octanol–water partition coefficient (Wildman–Crippen LogP) is 3.08. The minimum Gasteiger partial charge on any atom is -0.492 e. The van der Waals surface area contributed by atoms with Gasteiger partial charge in [0.15, 0.2) is 0 Å². The molecule has 0 radical (unpaired) electrons. The van der Waals surface area contributed by atoms with Crippen LogP contribution < -0.4 is 15.0 Å². The van der Waals surface area contributed by atoms with Crippen LogP contribution in [0.3, 0.4) is 0 Å². The van der Waals surface area contributed by atoms with Crippen LogP contribution in [0.2, 0.25) is 0 Å². The summed E-state index contributed by atoms with van der Waals surface area (Å²) in [6.45, 7) is 3.71. The largest absolute Gasteiger partial charge is 0.492 e. The quantitative estimate of drug-likeness (QED) is 0.892. The van der Waals surface area contributed by atoms with Gasteiger partial charge in [0.2, 0.25) is 11.8 Å². The van der Waals surface area contributed by atoms with E-state index in [9.17, 15) is 9.59 Å². The second-order valence-corrected chi connectivity index (χ2v) is 4.92. The number of nitrogens with zero attached hydrogens (tertiary/aromatic N) is 1. The summed E-state index contributed by atoms with van der Waals surface area (Å²) in [5, 5.41) is 2.77. The summed E-state index contributed by atoms with van der Waals surface area (Å²) in [6, 6.07) is 16.3. The molecule has 0 fully saturated rings. The highest BCUT2D eigenvalue weighted by molar-refractivity contribution is 6.02. The molecule has 0 saturated heterocycles. The molecule has 0 aliphatic rings. The molecule has 0 aliphatic carbocycles. The Balaban J connectivity index is 2.16. The molecular weight excluding hydrogens is 292 g/mol. The van der Waals surface area contributed by atoms with E-state index >= 15 is 0 Å². The van der Waals surface area contributed by atoms with Gasteiger partial charge in [-0.05, 0) is 31.2 Å². The summed E-state index contributed by atoms with van der Waals surface area (Å²) < 4.78 is 5.54. The molecule has 0 aromatic heterocycles. The van der Waals surface area contributed by atoms with E-state index in [4.69, 9.17) is 4.74 Å². The van der Waals surface area contributed by atoms with Crippen molar-refractivity contribution in [2.24, 2.45) is 0 Å². The Morgan fingerprint density at radius 2 is 1.70 bits per heavy atom. The van der Waals surface area contributed by atoms with E-state index in [1.54, 1.807) is 24.3 Å². The Morgan fingerprint density at radius 3 is 2.35 bits per heavy atom. The van der Waals surface area contributed by atoms with Crippen molar-refractivity contribution in [1.29, 1.82) is 0 Å². The van der Waals surface area contributed by atoms with Gasteiger partial charge >= 0.3 is 0 Å². The molecule has 120 valence electrons. The number of hydrogen-bond donors (Lipinski definition) is 1. The number of rotatable bonds is 6. The van der Waals surface area contributed by atoms with Gasteiger partial charge in [0.25, 0.3) is 0 Å². The molecule has 5 nitrogen and oxygen atoms in total. The summed E-state index contributed by atoms with van der Waals surface area (Å²) in [5.41, 5.74) is 1.28. The van der Waals surface area contributed by atoms with E-state index in [-0.39, 0.29) is 18.4 Å². The highest BCUT2D eigenvalue weighted by Crippen LogP contribution is 2.28. The van der Waals surface area contributed by atoms with E-state index in [0.29, 0.717) is 23.7 Å². The smallest absolute Gasteiger partial charge is 0.244 e. The monoisotopic (exact) mass is 312 g/mol. The number of carbonyl (C=O) groups excluding carboxylic acids is 2. The molecule has 0 atom stereocenters. The lowest BCUT2D eigenvalue weighted by atomic mass is 10.2. The lowest BCUT2D eigenvalue weighted by molar-refractivity contribution is -0.120. The van der Waals surface area contributed by atoms with Gasteiger partial charge in [0.05, 0.1) is 12.3 Å². The van der Waals surface area contributed by atoms with Crippen LogP contribution in [0, 0.1) is 0 Å². The van der Waals surface area contributed by atoms with E-state index in [2.05, 4.69) is 5.32 Å². The van der Waals surface area contributed by atoms with Crippen molar-refractivity contribution in [3.05, 3.63) is 54.6 Å². The van der Waals surface area contributed by atoms with Crippen molar-refractivity contribution in [2.75, 3.05) is 23.4 Å². The Bertz CT molecular complexity index is 671. The van der Waals surface area contributed by atoms with Gasteiger partial charge < -0.3 is 10.1 Å². The molecule has 1 N–H and O–H groups in total. The highest BCUT2D eigenvalue weighted by atomic mass is 16.5. The maximum absolute atomic E-state index is 12.2. The van der Waals surface area contributed by atoms with Crippen LogP contribution in [0.15, 0.2) is 54.6 Å². The minimum atomic E-state index is -0.266. The lowest BCUT2D eigenvalue weighted by Crippen LogP contribution is -2.37. The maximum Gasteiger partial charge on any atom is 0.244 e. The van der Waals surface area contributed by atoms with Crippen LogP contribution in [0.25, 0.3) is 0 Å². The summed E-state index contributed by atoms with van der Waals surface area (Å²) in [5.74, 6) is 0.0933. The molecule has 0 aliphatic heterocycles. The fraction of sp³-hybridized carbons (Fsp3) is 0.222. The number of amides is 2. The molecule has 2 aromatic rings. The zero-order valence-electron chi connectivity index (χ0n) is 13.3. The topological polar surface area (TPSA) is 58.6 Å². The fourth-order valence-electron chi connectivity index (χ4n) is 2.19. The number of anilines is 2. The van der Waals surface area contributed by atoms with E-state index in [0.717, 1.165) is 0 Å². The number of hydrogen-bond acceptors (Lipinski definition) is 3. The second kappa shape index (κ2) is 7.98. The Kier molecular flexibility index (Phi) is 5.74. The summed E-state index contributed by atoms with van der Waals surface area (Å²) in [4.78, 5) is 25.6. The fourth-order valence-corrected chi connectivity index (χ4v) is 2.19. The first-order chi connectivity index (χ1) is 11.1. The normalized spacial score (nSPS) is 10.0. The van der Waals surface area contributed by atoms with Crippen LogP contribution >= 0.6 is 0 Å². The molecule has 0 saturated carbocycles. The number of carbonyl (C=O) groups is 2. The SMILES string of the molecule is CCOc1ccccc1N(CC(=O)Nc1ccccc1)C(C)=O. The van der Waals surface area contributed by atoms with E-state index < -0.39 is 0 Å². The third-order valence-corrected chi connectivity index (χ3v) is 3.20. The van der Waals surface area contributed by atoms with Gasteiger partial charge in [-0.15, -0.1) is 0 Å². The number of benzene rings is 2. The first-order valence-electron chi connectivity index (χ1n) is 7.46. The zero-order valence-corrected chi connectivity index (χ0v) is 13.3. The first-order valence-corrected chi connectivity index (χ1v) is 7.46. The summed E-state index contributed by atoms with van der Waals surface area (Å²) >= 11 is 0. The van der Waals surface area contributed by atoms with Crippen molar-refractivity contribution >= 4 is 23.2 Å². The lowest BCUT2D eigenvalue weighted by Gasteiger charge is -2.23. The highest BCUT2D eigenvalue weighted by Gasteiger charge is 2.19. The summed E-state index contributed by atoms with van der Waals surface area (Å²) in [6.07, 6.45) is 0. The van der Waals surface area contributed by atoms with Crippen molar-refractivity contribution in [2.45, 2.75) is 13.8 Å². The van der Waals surface area contributed by atoms with Gasteiger partial charge in [-0.3, -0.25) is 14.5 Å². The van der Waals surface area contributed by atoms with Gasteiger partial charge in [-0.2, -0.15) is 0 Å². The Morgan fingerprint density at radius 1 is 1.04 bits per heavy atom. The number of nitrogens with one attached hydrogen (secondary N) is 1. The molecule has 2 rings (SSSR count).